The van der Waals surface area contributed by atoms with Gasteiger partial charge in [-0.3, -0.25) is 14.9 Å². The van der Waals surface area contributed by atoms with E-state index in [9.17, 15) is 14.4 Å². The van der Waals surface area contributed by atoms with Crippen molar-refractivity contribution in [2.24, 2.45) is 0 Å². The molecular formula is C25H18BrIN2O4. The predicted molar refractivity (Wildman–Crippen MR) is 138 cm³/mol. The third-order valence-corrected chi connectivity index (χ3v) is 6.40. The summed E-state index contributed by atoms with van der Waals surface area (Å²) in [6.45, 7) is 2.21. The molecule has 4 amide bonds. The van der Waals surface area contributed by atoms with Crippen molar-refractivity contribution in [3.63, 3.8) is 0 Å². The third kappa shape index (κ3) is 5.17. The van der Waals surface area contributed by atoms with Gasteiger partial charge in [-0.1, -0.05) is 52.3 Å². The SMILES string of the molecule is Cc1ccccc1N1C(=O)NC(=O)/C(=C\c2ccc(OCc3ccc(Br)cc3)c(I)c2)C1=O. The molecule has 1 aliphatic rings. The van der Waals surface area contributed by atoms with Crippen LogP contribution >= 0.6 is 38.5 Å². The molecule has 0 aromatic heterocycles. The van der Waals surface area contributed by atoms with Crippen LogP contribution in [0.3, 0.4) is 0 Å². The number of imide groups is 2. The number of nitrogens with zero attached hydrogens (tertiary/aromatic N) is 1. The lowest BCUT2D eigenvalue weighted by Crippen LogP contribution is -2.54. The van der Waals surface area contributed by atoms with E-state index in [0.717, 1.165) is 24.1 Å². The van der Waals surface area contributed by atoms with Gasteiger partial charge in [0.2, 0.25) is 0 Å². The van der Waals surface area contributed by atoms with Crippen LogP contribution in [0.5, 0.6) is 5.75 Å². The number of para-hydroxylation sites is 1. The molecule has 8 heteroatoms. The summed E-state index contributed by atoms with van der Waals surface area (Å²) in [5, 5.41) is 2.25. The molecule has 3 aromatic rings. The summed E-state index contributed by atoms with van der Waals surface area (Å²) in [5.74, 6) is -0.694. The van der Waals surface area contributed by atoms with Gasteiger partial charge in [-0.05, 0) is 82.6 Å². The number of hydrogen-bond acceptors (Lipinski definition) is 4. The zero-order valence-corrected chi connectivity index (χ0v) is 21.2. The number of barbiturate groups is 1. The number of ether oxygens (including phenoxy) is 1. The van der Waals surface area contributed by atoms with Crippen LogP contribution in [0.25, 0.3) is 6.08 Å². The Balaban J connectivity index is 1.57. The van der Waals surface area contributed by atoms with Crippen molar-refractivity contribution >= 4 is 68.1 Å². The van der Waals surface area contributed by atoms with Gasteiger partial charge in [-0.15, -0.1) is 0 Å². The zero-order chi connectivity index (χ0) is 23.5. The monoisotopic (exact) mass is 616 g/mol. The summed E-state index contributed by atoms with van der Waals surface area (Å²) in [4.78, 5) is 38.9. The lowest BCUT2D eigenvalue weighted by molar-refractivity contribution is -0.122. The van der Waals surface area contributed by atoms with Crippen LogP contribution in [0.1, 0.15) is 16.7 Å². The number of nitrogens with one attached hydrogen (secondary N) is 1. The largest absolute Gasteiger partial charge is 0.488 e. The molecule has 1 aliphatic heterocycles. The summed E-state index contributed by atoms with van der Waals surface area (Å²) in [6, 6.07) is 19.5. The van der Waals surface area contributed by atoms with Crippen molar-refractivity contribution in [3.05, 3.63) is 97.0 Å². The van der Waals surface area contributed by atoms with Crippen LogP contribution in [0.2, 0.25) is 0 Å². The molecule has 3 aromatic carbocycles. The van der Waals surface area contributed by atoms with Crippen molar-refractivity contribution in [1.29, 1.82) is 0 Å². The first-order chi connectivity index (χ1) is 15.8. The van der Waals surface area contributed by atoms with Crippen LogP contribution in [0.15, 0.2) is 76.8 Å². The number of halogens is 2. The van der Waals surface area contributed by atoms with Crippen LogP contribution in [0, 0.1) is 10.5 Å². The quantitative estimate of drug-likeness (QED) is 0.230. The van der Waals surface area contributed by atoms with E-state index in [-0.39, 0.29) is 5.57 Å². The summed E-state index contributed by atoms with van der Waals surface area (Å²) in [5.41, 5.74) is 2.75. The molecule has 1 heterocycles. The average molecular weight is 617 g/mol. The molecule has 1 N–H and O–H groups in total. The number of aryl methyl sites for hydroxylation is 1. The van der Waals surface area contributed by atoms with Crippen molar-refractivity contribution < 1.29 is 19.1 Å². The summed E-state index contributed by atoms with van der Waals surface area (Å²) >= 11 is 5.56. The molecule has 0 radical (unpaired) electrons. The molecule has 0 unspecified atom stereocenters. The highest BCUT2D eigenvalue weighted by Gasteiger charge is 2.37. The number of benzene rings is 3. The maximum Gasteiger partial charge on any atom is 0.335 e. The van der Waals surface area contributed by atoms with E-state index in [1.54, 1.807) is 37.3 Å². The van der Waals surface area contributed by atoms with Gasteiger partial charge in [-0.2, -0.15) is 0 Å². The third-order valence-electron chi connectivity index (χ3n) is 5.03. The van der Waals surface area contributed by atoms with Gasteiger partial charge in [0.1, 0.15) is 17.9 Å². The van der Waals surface area contributed by atoms with Crippen LogP contribution in [0.4, 0.5) is 10.5 Å². The summed E-state index contributed by atoms with van der Waals surface area (Å²) in [6.07, 6.45) is 1.48. The molecular weight excluding hydrogens is 599 g/mol. The van der Waals surface area contributed by atoms with E-state index < -0.39 is 17.8 Å². The Morgan fingerprint density at radius 2 is 1.76 bits per heavy atom. The first kappa shape index (κ1) is 23.2. The predicted octanol–water partition coefficient (Wildman–Crippen LogP) is 5.61. The van der Waals surface area contributed by atoms with Gasteiger partial charge in [0.05, 0.1) is 9.26 Å². The Bertz CT molecular complexity index is 1290. The number of amides is 4. The van der Waals surface area contributed by atoms with Gasteiger partial charge >= 0.3 is 6.03 Å². The highest BCUT2D eigenvalue weighted by molar-refractivity contribution is 14.1. The fraction of sp³-hybridized carbons (Fsp3) is 0.0800. The summed E-state index contributed by atoms with van der Waals surface area (Å²) in [7, 11) is 0. The number of hydrogen-bond donors (Lipinski definition) is 1. The number of urea groups is 1. The van der Waals surface area contributed by atoms with Crippen molar-refractivity contribution in [1.82, 2.24) is 5.32 Å². The number of carbonyl (C=O) groups excluding carboxylic acids is 3. The minimum atomic E-state index is -0.761. The van der Waals surface area contributed by atoms with Gasteiger partial charge in [0.25, 0.3) is 11.8 Å². The molecule has 33 heavy (non-hydrogen) atoms. The normalized spacial score (nSPS) is 15.1. The van der Waals surface area contributed by atoms with E-state index in [4.69, 9.17) is 4.74 Å². The van der Waals surface area contributed by atoms with E-state index in [1.165, 1.54) is 6.08 Å². The van der Waals surface area contributed by atoms with Gasteiger partial charge in [0, 0.05) is 4.47 Å². The molecule has 1 saturated heterocycles. The van der Waals surface area contributed by atoms with Crippen LogP contribution in [-0.2, 0) is 16.2 Å². The topological polar surface area (TPSA) is 75.7 Å². The average Bonchev–Trinajstić information content (AvgIpc) is 2.78. The first-order valence-electron chi connectivity index (χ1n) is 9.97. The number of carbonyl (C=O) groups is 3. The van der Waals surface area contributed by atoms with Crippen molar-refractivity contribution in [3.8, 4) is 5.75 Å². The molecule has 0 bridgehead atoms. The molecule has 6 nitrogen and oxygen atoms in total. The Morgan fingerprint density at radius 3 is 2.45 bits per heavy atom. The minimum absolute atomic E-state index is 0.114. The van der Waals surface area contributed by atoms with Crippen LogP contribution < -0.4 is 15.0 Å². The number of rotatable bonds is 5. The maximum atomic E-state index is 13.1. The molecule has 0 aliphatic carbocycles. The van der Waals surface area contributed by atoms with Crippen molar-refractivity contribution in [2.45, 2.75) is 13.5 Å². The Morgan fingerprint density at radius 1 is 1.03 bits per heavy atom. The van der Waals surface area contributed by atoms with E-state index in [1.807, 2.05) is 36.4 Å². The number of anilines is 1. The first-order valence-corrected chi connectivity index (χ1v) is 11.8. The van der Waals surface area contributed by atoms with E-state index in [0.29, 0.717) is 23.6 Å². The van der Waals surface area contributed by atoms with Gasteiger partial charge < -0.3 is 4.74 Å². The second-order valence-electron chi connectivity index (χ2n) is 7.35. The second kappa shape index (κ2) is 9.88. The lowest BCUT2D eigenvalue weighted by atomic mass is 10.1. The van der Waals surface area contributed by atoms with E-state index >= 15 is 0 Å². The highest BCUT2D eigenvalue weighted by Crippen LogP contribution is 2.27. The Hall–Kier alpha value is -2.98. The smallest absolute Gasteiger partial charge is 0.335 e. The lowest BCUT2D eigenvalue weighted by Gasteiger charge is -2.27. The molecule has 0 spiro atoms. The Kier molecular flexibility index (Phi) is 6.94. The zero-order valence-electron chi connectivity index (χ0n) is 17.5. The summed E-state index contributed by atoms with van der Waals surface area (Å²) < 4.78 is 7.74. The van der Waals surface area contributed by atoms with Crippen molar-refractivity contribution in [2.75, 3.05) is 4.90 Å². The maximum absolute atomic E-state index is 13.1. The molecule has 1 fully saturated rings. The fourth-order valence-electron chi connectivity index (χ4n) is 3.32. The van der Waals surface area contributed by atoms with Gasteiger partial charge in [0.15, 0.2) is 0 Å². The highest BCUT2D eigenvalue weighted by atomic mass is 127. The standard InChI is InChI=1S/C25H18BrIN2O4/c1-15-4-2-3-5-21(15)29-24(31)19(23(30)28-25(29)32)12-17-8-11-22(20(27)13-17)33-14-16-6-9-18(26)10-7-16/h2-13H,14H2,1H3,(H,28,30,32)/b19-12+. The molecule has 0 atom stereocenters. The molecule has 4 rings (SSSR count). The fourth-order valence-corrected chi connectivity index (χ4v) is 4.28. The van der Waals surface area contributed by atoms with Gasteiger partial charge in [-0.25, -0.2) is 9.69 Å². The minimum Gasteiger partial charge on any atom is -0.488 e. The molecule has 0 saturated carbocycles. The molecule has 166 valence electrons. The second-order valence-corrected chi connectivity index (χ2v) is 9.43. The van der Waals surface area contributed by atoms with E-state index in [2.05, 4.69) is 43.8 Å². The van der Waals surface area contributed by atoms with Crippen LogP contribution in [-0.4, -0.2) is 17.8 Å². The Labute approximate surface area is 212 Å².